The Morgan fingerprint density at radius 3 is 2.60 bits per heavy atom. The van der Waals surface area contributed by atoms with Gasteiger partial charge in [0.2, 0.25) is 0 Å². The van der Waals surface area contributed by atoms with Crippen LogP contribution in [0.4, 0.5) is 0 Å². The van der Waals surface area contributed by atoms with E-state index in [0.717, 1.165) is 21.3 Å². The van der Waals surface area contributed by atoms with E-state index < -0.39 is 11.8 Å². The summed E-state index contributed by atoms with van der Waals surface area (Å²) in [6.07, 6.45) is 7.06. The molecule has 1 aliphatic rings. The lowest BCUT2D eigenvalue weighted by Gasteiger charge is -2.12. The molecule has 0 unspecified atom stereocenters. The van der Waals surface area contributed by atoms with Gasteiger partial charge in [0, 0.05) is 11.1 Å². The molecule has 5 heteroatoms. The van der Waals surface area contributed by atoms with E-state index in [1.165, 1.54) is 0 Å². The maximum atomic E-state index is 13.0. The number of terminal acetylenes is 1. The molecule has 1 heterocycles. The maximum absolute atomic E-state index is 13.0. The van der Waals surface area contributed by atoms with Gasteiger partial charge in [0.25, 0.3) is 11.8 Å². The highest BCUT2D eigenvalue weighted by Gasteiger charge is 2.33. The molecule has 3 aromatic rings. The molecule has 2 amide bonds. The largest absolute Gasteiger partial charge is 0.480 e. The van der Waals surface area contributed by atoms with Gasteiger partial charge in [-0.3, -0.25) is 9.59 Å². The molecule has 3 aromatic carbocycles. The number of hydrogen-bond acceptors (Lipinski definition) is 4. The van der Waals surface area contributed by atoms with E-state index in [-0.39, 0.29) is 6.61 Å². The molecule has 1 aliphatic heterocycles. The molecule has 5 nitrogen and oxygen atoms in total. The molecule has 0 bridgehead atoms. The summed E-state index contributed by atoms with van der Waals surface area (Å²) in [6, 6.07) is 20.1. The van der Waals surface area contributed by atoms with Crippen molar-refractivity contribution in [3.8, 4) is 18.1 Å². The van der Waals surface area contributed by atoms with Crippen LogP contribution in [0.3, 0.4) is 0 Å². The van der Waals surface area contributed by atoms with E-state index in [9.17, 15) is 9.59 Å². The number of hydrazone groups is 1. The van der Waals surface area contributed by atoms with Crippen LogP contribution in [0.2, 0.25) is 0 Å². The molecule has 146 valence electrons. The van der Waals surface area contributed by atoms with Crippen LogP contribution < -0.4 is 4.74 Å². The first-order chi connectivity index (χ1) is 14.6. The van der Waals surface area contributed by atoms with Gasteiger partial charge in [-0.2, -0.15) is 10.1 Å². The van der Waals surface area contributed by atoms with Crippen LogP contribution in [0.25, 0.3) is 16.8 Å². The first kappa shape index (κ1) is 19.2. The van der Waals surface area contributed by atoms with E-state index >= 15 is 0 Å². The summed E-state index contributed by atoms with van der Waals surface area (Å²) in [5, 5.41) is 7.02. The molecule has 0 fully saturated rings. The molecule has 0 saturated heterocycles. The summed E-state index contributed by atoms with van der Waals surface area (Å²) in [6.45, 7) is 1.81. The van der Waals surface area contributed by atoms with Gasteiger partial charge in [0.1, 0.15) is 12.4 Å². The summed E-state index contributed by atoms with van der Waals surface area (Å²) < 4.78 is 5.71. The molecule has 0 aromatic heterocycles. The SMILES string of the molecule is C#CCOc1ccc2ccccc2c1/C=C1/C(=O)N(C(=O)c2ccccc2)N=C1C. The minimum Gasteiger partial charge on any atom is -0.480 e. The van der Waals surface area contributed by atoms with Crippen LogP contribution in [0, 0.1) is 12.3 Å². The summed E-state index contributed by atoms with van der Waals surface area (Å²) in [7, 11) is 0. The van der Waals surface area contributed by atoms with Gasteiger partial charge in [0.05, 0.1) is 11.3 Å². The van der Waals surface area contributed by atoms with Crippen molar-refractivity contribution in [3.05, 3.63) is 83.4 Å². The minimum atomic E-state index is -0.475. The number of benzene rings is 3. The molecule has 0 radical (unpaired) electrons. The fourth-order valence-corrected chi connectivity index (χ4v) is 3.34. The van der Waals surface area contributed by atoms with Crippen LogP contribution >= 0.6 is 0 Å². The zero-order chi connectivity index (χ0) is 21.1. The average molecular weight is 394 g/mol. The van der Waals surface area contributed by atoms with Gasteiger partial charge < -0.3 is 4.74 Å². The first-order valence-electron chi connectivity index (χ1n) is 9.39. The van der Waals surface area contributed by atoms with Crippen LogP contribution in [0.1, 0.15) is 22.8 Å². The number of nitrogens with zero attached hydrogens (tertiary/aromatic N) is 2. The molecular weight excluding hydrogens is 376 g/mol. The monoisotopic (exact) mass is 394 g/mol. The third-order valence-corrected chi connectivity index (χ3v) is 4.81. The fourth-order valence-electron chi connectivity index (χ4n) is 3.34. The van der Waals surface area contributed by atoms with Gasteiger partial charge >= 0.3 is 0 Å². The summed E-state index contributed by atoms with van der Waals surface area (Å²) in [5.41, 5.74) is 1.91. The Balaban J connectivity index is 1.78. The van der Waals surface area contributed by atoms with Crippen LogP contribution in [-0.2, 0) is 4.79 Å². The van der Waals surface area contributed by atoms with Crippen molar-refractivity contribution < 1.29 is 14.3 Å². The zero-order valence-corrected chi connectivity index (χ0v) is 16.3. The lowest BCUT2D eigenvalue weighted by Crippen LogP contribution is -2.29. The topological polar surface area (TPSA) is 59.0 Å². The van der Waals surface area contributed by atoms with E-state index in [2.05, 4.69) is 11.0 Å². The molecule has 0 aliphatic carbocycles. The van der Waals surface area contributed by atoms with E-state index in [0.29, 0.717) is 22.6 Å². The molecule has 0 spiro atoms. The number of rotatable bonds is 4. The Morgan fingerprint density at radius 1 is 1.10 bits per heavy atom. The standard InChI is InChI=1S/C25H18N2O3/c1-3-15-30-23-14-13-18-9-7-8-12-20(18)22(23)16-21-17(2)26-27(25(21)29)24(28)19-10-5-4-6-11-19/h1,4-14,16H,15H2,2H3/b21-16+. The number of hydrogen-bond donors (Lipinski definition) is 0. The highest BCUT2D eigenvalue weighted by Crippen LogP contribution is 2.32. The normalized spacial score (nSPS) is 14.7. The number of fused-ring (bicyclic) bond motifs is 1. The van der Waals surface area contributed by atoms with Crippen molar-refractivity contribution in [1.29, 1.82) is 0 Å². The summed E-state index contributed by atoms with van der Waals surface area (Å²) in [5.74, 6) is 2.08. The molecule has 0 saturated carbocycles. The molecule has 4 rings (SSSR count). The van der Waals surface area contributed by atoms with E-state index in [1.807, 2.05) is 36.4 Å². The van der Waals surface area contributed by atoms with Crippen molar-refractivity contribution in [2.75, 3.05) is 6.61 Å². The van der Waals surface area contributed by atoms with Gasteiger partial charge in [-0.05, 0) is 42.0 Å². The van der Waals surface area contributed by atoms with Crippen molar-refractivity contribution in [2.24, 2.45) is 5.10 Å². The Hall–Kier alpha value is -4.17. The lowest BCUT2D eigenvalue weighted by molar-refractivity contribution is -0.123. The smallest absolute Gasteiger partial charge is 0.283 e. The van der Waals surface area contributed by atoms with Gasteiger partial charge in [-0.25, -0.2) is 0 Å². The van der Waals surface area contributed by atoms with Crippen LogP contribution in [-0.4, -0.2) is 29.1 Å². The predicted molar refractivity (Wildman–Crippen MR) is 117 cm³/mol. The van der Waals surface area contributed by atoms with Gasteiger partial charge in [0.15, 0.2) is 0 Å². The summed E-state index contributed by atoms with van der Waals surface area (Å²) in [4.78, 5) is 25.8. The van der Waals surface area contributed by atoms with E-state index in [4.69, 9.17) is 11.2 Å². The van der Waals surface area contributed by atoms with Gasteiger partial charge in [-0.15, -0.1) is 6.42 Å². The highest BCUT2D eigenvalue weighted by molar-refractivity contribution is 6.31. The summed E-state index contributed by atoms with van der Waals surface area (Å²) >= 11 is 0. The fraction of sp³-hybridized carbons (Fsp3) is 0.0800. The Kier molecular flexibility index (Phi) is 5.15. The second-order valence-electron chi connectivity index (χ2n) is 6.72. The first-order valence-corrected chi connectivity index (χ1v) is 9.39. The van der Waals surface area contributed by atoms with Gasteiger partial charge in [-0.1, -0.05) is 54.5 Å². The highest BCUT2D eigenvalue weighted by atomic mass is 16.5. The van der Waals surface area contributed by atoms with Crippen molar-refractivity contribution in [3.63, 3.8) is 0 Å². The number of carbonyl (C=O) groups excluding carboxylic acids is 2. The average Bonchev–Trinajstić information content (AvgIpc) is 3.06. The molecule has 30 heavy (non-hydrogen) atoms. The predicted octanol–water partition coefficient (Wildman–Crippen LogP) is 4.29. The van der Waals surface area contributed by atoms with Crippen LogP contribution in [0.15, 0.2) is 77.4 Å². The van der Waals surface area contributed by atoms with Crippen LogP contribution in [0.5, 0.6) is 5.75 Å². The minimum absolute atomic E-state index is 0.105. The Morgan fingerprint density at radius 2 is 1.83 bits per heavy atom. The number of carbonyl (C=O) groups is 2. The maximum Gasteiger partial charge on any atom is 0.283 e. The zero-order valence-electron chi connectivity index (χ0n) is 16.3. The van der Waals surface area contributed by atoms with Crippen molar-refractivity contribution >= 4 is 34.4 Å². The molecular formula is C25H18N2O3. The third kappa shape index (κ3) is 3.47. The van der Waals surface area contributed by atoms with E-state index in [1.54, 1.807) is 43.3 Å². The lowest BCUT2D eigenvalue weighted by atomic mass is 9.99. The van der Waals surface area contributed by atoms with Crippen molar-refractivity contribution in [2.45, 2.75) is 6.92 Å². The Labute approximate surface area is 174 Å². The van der Waals surface area contributed by atoms with Crippen molar-refractivity contribution in [1.82, 2.24) is 5.01 Å². The Bertz CT molecular complexity index is 1250. The second-order valence-corrected chi connectivity index (χ2v) is 6.72. The number of amides is 2. The molecule has 0 atom stereocenters. The quantitative estimate of drug-likeness (QED) is 0.377. The second kappa shape index (κ2) is 8.06. The number of imide groups is 1. The molecule has 0 N–H and O–H groups in total. The third-order valence-electron chi connectivity index (χ3n) is 4.81. The number of ether oxygens (including phenoxy) is 1.